The lowest BCUT2D eigenvalue weighted by Gasteiger charge is -2.38. The lowest BCUT2D eigenvalue weighted by Crippen LogP contribution is -2.53. The van der Waals surface area contributed by atoms with Crippen molar-refractivity contribution in [3.63, 3.8) is 0 Å². The van der Waals surface area contributed by atoms with Crippen molar-refractivity contribution in [2.45, 2.75) is 56.7 Å². The highest BCUT2D eigenvalue weighted by atomic mass is 16.5. The van der Waals surface area contributed by atoms with Crippen LogP contribution in [0.1, 0.15) is 49.3 Å². The van der Waals surface area contributed by atoms with Gasteiger partial charge in [-0.05, 0) is 61.4 Å². The van der Waals surface area contributed by atoms with E-state index >= 15 is 0 Å². The van der Waals surface area contributed by atoms with Crippen LogP contribution in [0.2, 0.25) is 0 Å². The molecule has 1 saturated carbocycles. The van der Waals surface area contributed by atoms with E-state index in [0.717, 1.165) is 42.5 Å². The van der Waals surface area contributed by atoms with Crippen molar-refractivity contribution in [1.82, 2.24) is 20.5 Å². The van der Waals surface area contributed by atoms with E-state index < -0.39 is 0 Å². The Labute approximate surface area is 230 Å². The molecule has 208 valence electrons. The third-order valence-electron chi connectivity index (χ3n) is 7.90. The maximum Gasteiger partial charge on any atom is 0.227 e. The second-order valence-corrected chi connectivity index (χ2v) is 10.8. The number of nitrogens with one attached hydrogen (secondary N) is 3. The van der Waals surface area contributed by atoms with Crippen LogP contribution in [0.5, 0.6) is 5.75 Å². The van der Waals surface area contributed by atoms with Gasteiger partial charge in [0, 0.05) is 56.0 Å². The van der Waals surface area contributed by atoms with Crippen molar-refractivity contribution in [3.05, 3.63) is 65.9 Å². The summed E-state index contributed by atoms with van der Waals surface area (Å²) in [5, 5.41) is 7.75. The standard InChI is InChI=1S/C31H40N4O4/c1-38-14-6-11-29(27-20-33-28-10-4-3-9-26(27)28)35(24-12-13-24)31(37)22-17-23(19-32-18-22)34-30(36)16-21-7-5-8-25(15-21)39-2/h3-5,7-10,15,20,22-24,29,32-33H,6,11-14,16-19H2,1-2H3,(H,34,36)/t22-,23-,29?/m0/s1. The molecule has 2 heterocycles. The number of ether oxygens (including phenoxy) is 2. The highest BCUT2D eigenvalue weighted by molar-refractivity contribution is 5.86. The van der Waals surface area contributed by atoms with Crippen molar-refractivity contribution in [1.29, 1.82) is 0 Å². The van der Waals surface area contributed by atoms with Crippen LogP contribution in [-0.2, 0) is 20.7 Å². The zero-order valence-corrected chi connectivity index (χ0v) is 22.9. The van der Waals surface area contributed by atoms with Gasteiger partial charge in [0.15, 0.2) is 0 Å². The van der Waals surface area contributed by atoms with E-state index in [1.165, 1.54) is 10.9 Å². The SMILES string of the molecule is COCCCC(c1c[nH]c2ccccc12)N(C(=O)[C@@H]1CNC[C@@H](NC(=O)Cc2cccc(OC)c2)C1)C1CC1. The minimum atomic E-state index is -0.184. The Balaban J connectivity index is 1.29. The third kappa shape index (κ3) is 6.62. The smallest absolute Gasteiger partial charge is 0.227 e. The number of hydrogen-bond acceptors (Lipinski definition) is 5. The fraction of sp³-hybridized carbons (Fsp3) is 0.484. The van der Waals surface area contributed by atoms with Crippen LogP contribution in [0.15, 0.2) is 54.7 Å². The molecule has 2 aliphatic rings. The van der Waals surface area contributed by atoms with Crippen LogP contribution in [0.3, 0.4) is 0 Å². The first-order valence-corrected chi connectivity index (χ1v) is 14.1. The Morgan fingerprint density at radius 1 is 1.10 bits per heavy atom. The number of carbonyl (C=O) groups is 2. The Bertz CT molecular complexity index is 1270. The Kier molecular flexibility index (Phi) is 8.84. The molecule has 5 rings (SSSR count). The largest absolute Gasteiger partial charge is 0.497 e. The van der Waals surface area contributed by atoms with Gasteiger partial charge in [0.05, 0.1) is 25.5 Å². The average Bonchev–Trinajstić information content (AvgIpc) is 3.70. The molecule has 2 fully saturated rings. The molecule has 3 aromatic rings. The zero-order valence-electron chi connectivity index (χ0n) is 22.9. The fourth-order valence-corrected chi connectivity index (χ4v) is 5.87. The van der Waals surface area contributed by atoms with Gasteiger partial charge in [0.2, 0.25) is 11.8 Å². The van der Waals surface area contributed by atoms with Crippen LogP contribution in [0.4, 0.5) is 0 Å². The van der Waals surface area contributed by atoms with Gasteiger partial charge in [0.25, 0.3) is 0 Å². The molecule has 8 nitrogen and oxygen atoms in total. The molecular weight excluding hydrogens is 492 g/mol. The number of piperidine rings is 1. The maximum atomic E-state index is 14.2. The summed E-state index contributed by atoms with van der Waals surface area (Å²) in [6.07, 6.45) is 6.79. The van der Waals surface area contributed by atoms with Gasteiger partial charge in [-0.1, -0.05) is 30.3 Å². The van der Waals surface area contributed by atoms with E-state index in [1.807, 2.05) is 30.3 Å². The average molecular weight is 533 g/mol. The Hall–Kier alpha value is -3.36. The Morgan fingerprint density at radius 3 is 2.74 bits per heavy atom. The molecule has 1 aromatic heterocycles. The lowest BCUT2D eigenvalue weighted by molar-refractivity contribution is -0.140. The normalized spacial score (nSPS) is 19.9. The van der Waals surface area contributed by atoms with E-state index in [0.29, 0.717) is 26.1 Å². The maximum absolute atomic E-state index is 14.2. The highest BCUT2D eigenvalue weighted by Gasteiger charge is 2.42. The molecule has 0 spiro atoms. The van der Waals surface area contributed by atoms with Gasteiger partial charge in [-0.25, -0.2) is 0 Å². The number of amides is 2. The summed E-state index contributed by atoms with van der Waals surface area (Å²) in [6.45, 7) is 1.96. The molecule has 1 aliphatic carbocycles. The summed E-state index contributed by atoms with van der Waals surface area (Å²) in [7, 11) is 3.34. The quantitative estimate of drug-likeness (QED) is 0.307. The Morgan fingerprint density at radius 2 is 1.95 bits per heavy atom. The van der Waals surface area contributed by atoms with Gasteiger partial charge < -0.3 is 30.0 Å². The summed E-state index contributed by atoms with van der Waals surface area (Å²) in [5.41, 5.74) is 3.17. The first-order chi connectivity index (χ1) is 19.1. The summed E-state index contributed by atoms with van der Waals surface area (Å²) in [4.78, 5) is 32.6. The number of carbonyl (C=O) groups excluding carboxylic acids is 2. The second kappa shape index (κ2) is 12.7. The monoisotopic (exact) mass is 532 g/mol. The van der Waals surface area contributed by atoms with Gasteiger partial charge in [-0.15, -0.1) is 0 Å². The number of fused-ring (bicyclic) bond motifs is 1. The molecule has 39 heavy (non-hydrogen) atoms. The summed E-state index contributed by atoms with van der Waals surface area (Å²) < 4.78 is 10.6. The molecule has 2 amide bonds. The molecule has 0 radical (unpaired) electrons. The molecule has 3 atom stereocenters. The number of aromatic nitrogens is 1. The topological polar surface area (TPSA) is 95.7 Å². The van der Waals surface area contributed by atoms with E-state index in [-0.39, 0.29) is 42.3 Å². The lowest BCUT2D eigenvalue weighted by atomic mass is 9.91. The van der Waals surface area contributed by atoms with Crippen molar-refractivity contribution in [3.8, 4) is 5.75 Å². The van der Waals surface area contributed by atoms with Crippen molar-refractivity contribution < 1.29 is 19.1 Å². The number of rotatable bonds is 12. The molecule has 0 bridgehead atoms. The molecule has 3 N–H and O–H groups in total. The third-order valence-corrected chi connectivity index (χ3v) is 7.90. The van der Waals surface area contributed by atoms with Crippen LogP contribution in [0, 0.1) is 5.92 Å². The van der Waals surface area contributed by atoms with Crippen molar-refractivity contribution in [2.24, 2.45) is 5.92 Å². The predicted molar refractivity (Wildman–Crippen MR) is 152 cm³/mol. The predicted octanol–water partition coefficient (Wildman–Crippen LogP) is 3.97. The van der Waals surface area contributed by atoms with E-state index in [1.54, 1.807) is 14.2 Å². The number of aromatic amines is 1. The van der Waals surface area contributed by atoms with Gasteiger partial charge in [-0.2, -0.15) is 0 Å². The van der Waals surface area contributed by atoms with E-state index in [9.17, 15) is 9.59 Å². The molecule has 1 saturated heterocycles. The van der Waals surface area contributed by atoms with Crippen molar-refractivity contribution in [2.75, 3.05) is 33.9 Å². The molecule has 2 aromatic carbocycles. The number of para-hydroxylation sites is 1. The van der Waals surface area contributed by atoms with E-state index in [4.69, 9.17) is 9.47 Å². The van der Waals surface area contributed by atoms with Crippen LogP contribution in [-0.4, -0.2) is 67.7 Å². The number of H-pyrrole nitrogens is 1. The van der Waals surface area contributed by atoms with Gasteiger partial charge in [0.1, 0.15) is 5.75 Å². The van der Waals surface area contributed by atoms with Crippen LogP contribution >= 0.6 is 0 Å². The number of hydrogen-bond donors (Lipinski definition) is 3. The molecule has 1 unspecified atom stereocenters. The fourth-order valence-electron chi connectivity index (χ4n) is 5.87. The first-order valence-electron chi connectivity index (χ1n) is 14.1. The summed E-state index contributed by atoms with van der Waals surface area (Å²) in [5.74, 6) is 0.695. The molecular formula is C31H40N4O4. The highest BCUT2D eigenvalue weighted by Crippen LogP contribution is 2.40. The molecule has 1 aliphatic heterocycles. The number of nitrogens with zero attached hydrogens (tertiary/aromatic N) is 1. The summed E-state index contributed by atoms with van der Waals surface area (Å²) in [6, 6.07) is 16.0. The molecule has 8 heteroatoms. The minimum absolute atomic E-state index is 0.0145. The van der Waals surface area contributed by atoms with Crippen LogP contribution < -0.4 is 15.4 Å². The number of methoxy groups -OCH3 is 2. The van der Waals surface area contributed by atoms with Crippen molar-refractivity contribution >= 4 is 22.7 Å². The second-order valence-electron chi connectivity index (χ2n) is 10.8. The van der Waals surface area contributed by atoms with E-state index in [2.05, 4.69) is 44.9 Å². The van der Waals surface area contributed by atoms with Gasteiger partial charge >= 0.3 is 0 Å². The number of benzene rings is 2. The minimum Gasteiger partial charge on any atom is -0.497 e. The first kappa shape index (κ1) is 27.2. The zero-order chi connectivity index (χ0) is 27.2. The summed E-state index contributed by atoms with van der Waals surface area (Å²) >= 11 is 0. The van der Waals surface area contributed by atoms with Gasteiger partial charge in [-0.3, -0.25) is 9.59 Å². The van der Waals surface area contributed by atoms with Crippen LogP contribution in [0.25, 0.3) is 10.9 Å².